The van der Waals surface area contributed by atoms with E-state index in [1.807, 2.05) is 0 Å². The van der Waals surface area contributed by atoms with Crippen molar-refractivity contribution in [3.8, 4) is 0 Å². The third kappa shape index (κ3) is 3.31. The maximum Gasteiger partial charge on any atom is 0.352 e. The van der Waals surface area contributed by atoms with E-state index in [2.05, 4.69) is 10.3 Å². The van der Waals surface area contributed by atoms with Crippen LogP contribution in [-0.2, 0) is 20.8 Å². The second-order valence-corrected chi connectivity index (χ2v) is 7.39. The summed E-state index contributed by atoms with van der Waals surface area (Å²) in [6, 6.07) is 10.3. The molecule has 0 radical (unpaired) electrons. The van der Waals surface area contributed by atoms with E-state index in [9.17, 15) is 24.6 Å². The molecule has 0 bridgehead atoms. The second-order valence-electron chi connectivity index (χ2n) is 7.39. The van der Waals surface area contributed by atoms with Crippen LogP contribution in [0.3, 0.4) is 0 Å². The summed E-state index contributed by atoms with van der Waals surface area (Å²) in [5.41, 5.74) is 1.91. The lowest BCUT2D eigenvalue weighted by Gasteiger charge is -2.44. The fourth-order valence-corrected chi connectivity index (χ4v) is 4.18. The van der Waals surface area contributed by atoms with Gasteiger partial charge in [-0.1, -0.05) is 24.3 Å². The Morgan fingerprint density at radius 1 is 1.31 bits per heavy atom. The zero-order valence-corrected chi connectivity index (χ0v) is 15.8. The van der Waals surface area contributed by atoms with Crippen LogP contribution in [0.25, 0.3) is 5.57 Å². The smallest absolute Gasteiger partial charge is 0.352 e. The first-order valence-corrected chi connectivity index (χ1v) is 9.37. The molecule has 0 unspecified atom stereocenters. The fourth-order valence-electron chi connectivity index (χ4n) is 4.18. The highest BCUT2D eigenvalue weighted by molar-refractivity contribution is 6.06. The quantitative estimate of drug-likeness (QED) is 0.554. The van der Waals surface area contributed by atoms with Gasteiger partial charge in [-0.15, -0.1) is 0 Å². The topological polar surface area (TPSA) is 123 Å². The highest BCUT2D eigenvalue weighted by Gasteiger charge is 2.56. The van der Waals surface area contributed by atoms with Gasteiger partial charge in [-0.25, -0.2) is 4.79 Å². The molecule has 2 aromatic rings. The molecule has 4 rings (SSSR count). The molecule has 1 aromatic carbocycles. The predicted octanol–water partition coefficient (Wildman–Crippen LogP) is 1.60. The van der Waals surface area contributed by atoms with Crippen molar-refractivity contribution in [2.24, 2.45) is 5.92 Å². The summed E-state index contributed by atoms with van der Waals surface area (Å²) < 4.78 is 0. The van der Waals surface area contributed by atoms with E-state index >= 15 is 0 Å². The summed E-state index contributed by atoms with van der Waals surface area (Å²) in [5, 5.41) is 22.3. The lowest BCUT2D eigenvalue weighted by Crippen LogP contribution is -2.61. The molecular formula is C21H21N3O5. The van der Waals surface area contributed by atoms with Gasteiger partial charge < -0.3 is 25.4 Å². The Morgan fingerprint density at radius 3 is 2.76 bits per heavy atom. The standard InChI is InChI=1S/C21H21N3O5/c1-11(25)18-15-10-14(19(21(28)29)24(15)20(18)27)13-5-2-4-12(8-13)9-17(26)23-16-6-3-7-22-16/h2-8,11,15,18,22,25H,9-10H2,1H3,(H,23,26)(H,28,29)/t11-,15-,18-/m1/s1. The maximum absolute atomic E-state index is 12.4. The van der Waals surface area contributed by atoms with E-state index < -0.39 is 18.0 Å². The number of aliphatic hydroxyl groups excluding tert-OH is 1. The molecule has 8 nitrogen and oxygen atoms in total. The van der Waals surface area contributed by atoms with Crippen molar-refractivity contribution in [3.63, 3.8) is 0 Å². The molecule has 0 spiro atoms. The summed E-state index contributed by atoms with van der Waals surface area (Å²) in [6.45, 7) is 1.54. The first-order valence-electron chi connectivity index (χ1n) is 9.37. The van der Waals surface area contributed by atoms with E-state index in [4.69, 9.17) is 0 Å². The highest BCUT2D eigenvalue weighted by Crippen LogP contribution is 2.46. The summed E-state index contributed by atoms with van der Waals surface area (Å²) in [7, 11) is 0. The highest BCUT2D eigenvalue weighted by atomic mass is 16.4. The molecule has 29 heavy (non-hydrogen) atoms. The lowest BCUT2D eigenvalue weighted by molar-refractivity contribution is -0.161. The number of H-pyrrole nitrogens is 1. The molecule has 3 heterocycles. The molecule has 1 saturated heterocycles. The third-order valence-electron chi connectivity index (χ3n) is 5.44. The number of anilines is 1. The van der Waals surface area contributed by atoms with E-state index in [0.29, 0.717) is 23.4 Å². The number of nitrogens with one attached hydrogen (secondary N) is 2. The number of aromatic amines is 1. The number of rotatable bonds is 6. The number of aliphatic carboxylic acids is 1. The summed E-state index contributed by atoms with van der Waals surface area (Å²) in [5.74, 6) is -1.72. The van der Waals surface area contributed by atoms with Crippen molar-refractivity contribution < 1.29 is 24.6 Å². The molecule has 2 aliphatic rings. The molecular weight excluding hydrogens is 374 g/mol. The van der Waals surface area contributed by atoms with Crippen LogP contribution in [0.1, 0.15) is 24.5 Å². The number of hydrogen-bond acceptors (Lipinski definition) is 4. The van der Waals surface area contributed by atoms with Crippen molar-refractivity contribution in [3.05, 3.63) is 59.4 Å². The number of β-lactam (4-membered cyclic amide) rings is 1. The van der Waals surface area contributed by atoms with Gasteiger partial charge >= 0.3 is 5.97 Å². The van der Waals surface area contributed by atoms with Crippen molar-refractivity contribution in [1.82, 2.24) is 9.88 Å². The van der Waals surface area contributed by atoms with Crippen LogP contribution in [0, 0.1) is 5.92 Å². The first-order chi connectivity index (χ1) is 13.9. The maximum atomic E-state index is 12.4. The van der Waals surface area contributed by atoms with Crippen LogP contribution >= 0.6 is 0 Å². The number of carbonyl (C=O) groups excluding carboxylic acids is 2. The lowest BCUT2D eigenvalue weighted by atomic mass is 9.82. The minimum atomic E-state index is -1.17. The predicted molar refractivity (Wildman–Crippen MR) is 105 cm³/mol. The van der Waals surface area contributed by atoms with E-state index in [-0.39, 0.29) is 30.0 Å². The Bertz CT molecular complexity index is 1010. The van der Waals surface area contributed by atoms with E-state index in [1.165, 1.54) is 4.90 Å². The molecule has 0 saturated carbocycles. The number of nitrogens with zero attached hydrogens (tertiary/aromatic N) is 1. The van der Waals surface area contributed by atoms with Gasteiger partial charge in [-0.2, -0.15) is 0 Å². The van der Waals surface area contributed by atoms with Gasteiger partial charge in [0.15, 0.2) is 0 Å². The van der Waals surface area contributed by atoms with Gasteiger partial charge in [0.2, 0.25) is 11.8 Å². The molecule has 2 amide bonds. The number of aliphatic hydroxyl groups is 1. The molecule has 2 aliphatic heterocycles. The molecule has 150 valence electrons. The second kappa shape index (κ2) is 7.21. The monoisotopic (exact) mass is 395 g/mol. The SMILES string of the molecule is C[C@@H](O)[C@H]1C(=O)N2C(C(=O)O)=C(c3cccc(CC(=O)Nc4ccc[nH]4)c3)C[C@H]12. The van der Waals surface area contributed by atoms with Crippen LogP contribution in [0.2, 0.25) is 0 Å². The minimum absolute atomic E-state index is 0.0371. The summed E-state index contributed by atoms with van der Waals surface area (Å²) in [6.07, 6.45) is 1.37. The number of hydrogen-bond donors (Lipinski definition) is 4. The average Bonchev–Trinajstić information content (AvgIpc) is 3.27. The van der Waals surface area contributed by atoms with Gasteiger partial charge in [0.05, 0.1) is 24.5 Å². The van der Waals surface area contributed by atoms with Gasteiger partial charge in [0.1, 0.15) is 11.5 Å². The Hall–Kier alpha value is -3.39. The Kier molecular flexibility index (Phi) is 4.71. The van der Waals surface area contributed by atoms with Crippen molar-refractivity contribution in [2.75, 3.05) is 5.32 Å². The molecule has 1 fully saturated rings. The van der Waals surface area contributed by atoms with E-state index in [0.717, 1.165) is 5.56 Å². The first kappa shape index (κ1) is 18.9. The third-order valence-corrected chi connectivity index (χ3v) is 5.44. The molecule has 3 atom stereocenters. The molecule has 1 aromatic heterocycles. The van der Waals surface area contributed by atoms with Crippen LogP contribution in [-0.4, -0.2) is 50.0 Å². The number of fused-ring (bicyclic) bond motifs is 1. The van der Waals surface area contributed by atoms with Crippen LogP contribution in [0.4, 0.5) is 5.82 Å². The Balaban J connectivity index is 1.58. The van der Waals surface area contributed by atoms with Gasteiger partial charge in [0.25, 0.3) is 0 Å². The van der Waals surface area contributed by atoms with Crippen molar-refractivity contribution in [1.29, 1.82) is 0 Å². The zero-order chi connectivity index (χ0) is 20.7. The van der Waals surface area contributed by atoms with E-state index in [1.54, 1.807) is 49.5 Å². The largest absolute Gasteiger partial charge is 0.477 e. The van der Waals surface area contributed by atoms with Crippen LogP contribution < -0.4 is 5.32 Å². The number of carboxylic acid groups (broad SMARTS) is 1. The zero-order valence-electron chi connectivity index (χ0n) is 15.8. The number of aromatic nitrogens is 1. The Labute approximate surface area is 166 Å². The van der Waals surface area contributed by atoms with Crippen LogP contribution in [0.15, 0.2) is 48.3 Å². The van der Waals surface area contributed by atoms with Gasteiger partial charge in [0, 0.05) is 6.20 Å². The normalized spacial score (nSPS) is 21.6. The van der Waals surface area contributed by atoms with Gasteiger partial charge in [-0.05, 0) is 42.2 Å². The van der Waals surface area contributed by atoms with Crippen molar-refractivity contribution >= 4 is 29.2 Å². The number of carbonyl (C=O) groups is 3. The summed E-state index contributed by atoms with van der Waals surface area (Å²) >= 11 is 0. The number of benzene rings is 1. The van der Waals surface area contributed by atoms with Crippen LogP contribution in [0.5, 0.6) is 0 Å². The summed E-state index contributed by atoms with van der Waals surface area (Å²) in [4.78, 5) is 40.6. The molecule has 8 heteroatoms. The fraction of sp³-hybridized carbons (Fsp3) is 0.286. The average molecular weight is 395 g/mol. The van der Waals surface area contributed by atoms with Gasteiger partial charge in [-0.3, -0.25) is 9.59 Å². The number of carboxylic acids is 1. The minimum Gasteiger partial charge on any atom is -0.477 e. The Morgan fingerprint density at radius 2 is 2.10 bits per heavy atom. The molecule has 0 aliphatic carbocycles. The molecule has 4 N–H and O–H groups in total. The van der Waals surface area contributed by atoms with Crippen molar-refractivity contribution in [2.45, 2.75) is 31.9 Å². The number of amides is 2.